The van der Waals surface area contributed by atoms with E-state index in [1.165, 1.54) is 0 Å². The van der Waals surface area contributed by atoms with Crippen LogP contribution in [0.25, 0.3) is 0 Å². The van der Waals surface area contributed by atoms with Crippen molar-refractivity contribution in [3.05, 3.63) is 53.2 Å². The Labute approximate surface area is 118 Å². The molecule has 0 radical (unpaired) electrons. The Balaban J connectivity index is 2.29. The zero-order valence-electron chi connectivity index (χ0n) is 11.9. The maximum atomic E-state index is 12.4. The molecule has 0 unspecified atom stereocenters. The SMILES string of the molecule is CCOc1ncccc1C(=O)Nc1c(C)cccc1C. The van der Waals surface area contributed by atoms with E-state index in [1.54, 1.807) is 18.3 Å². The number of rotatable bonds is 4. The predicted octanol–water partition coefficient (Wildman–Crippen LogP) is 3.35. The molecule has 1 aromatic heterocycles. The van der Waals surface area contributed by atoms with Gasteiger partial charge in [0.1, 0.15) is 5.56 Å². The normalized spacial score (nSPS) is 10.2. The Morgan fingerprint density at radius 2 is 1.90 bits per heavy atom. The Bertz CT molecular complexity index is 603. The van der Waals surface area contributed by atoms with Gasteiger partial charge in [-0.2, -0.15) is 0 Å². The summed E-state index contributed by atoms with van der Waals surface area (Å²) in [7, 11) is 0. The molecule has 0 atom stereocenters. The van der Waals surface area contributed by atoms with Crippen LogP contribution in [0.4, 0.5) is 5.69 Å². The molecule has 0 bridgehead atoms. The van der Waals surface area contributed by atoms with Gasteiger partial charge in [0.2, 0.25) is 5.88 Å². The lowest BCUT2D eigenvalue weighted by atomic mass is 10.1. The van der Waals surface area contributed by atoms with Crippen LogP contribution in [0.15, 0.2) is 36.5 Å². The van der Waals surface area contributed by atoms with Gasteiger partial charge in [-0.25, -0.2) is 4.98 Å². The maximum Gasteiger partial charge on any atom is 0.261 e. The number of aromatic nitrogens is 1. The Morgan fingerprint density at radius 3 is 2.55 bits per heavy atom. The van der Waals surface area contributed by atoms with E-state index in [1.807, 2.05) is 39.0 Å². The van der Waals surface area contributed by atoms with Gasteiger partial charge in [-0.3, -0.25) is 4.79 Å². The van der Waals surface area contributed by atoms with E-state index in [0.717, 1.165) is 16.8 Å². The highest BCUT2D eigenvalue weighted by Gasteiger charge is 2.15. The van der Waals surface area contributed by atoms with Crippen molar-refractivity contribution in [2.45, 2.75) is 20.8 Å². The largest absolute Gasteiger partial charge is 0.477 e. The van der Waals surface area contributed by atoms with Gasteiger partial charge in [-0.05, 0) is 44.0 Å². The first-order valence-corrected chi connectivity index (χ1v) is 6.59. The second-order valence-electron chi connectivity index (χ2n) is 4.51. The van der Waals surface area contributed by atoms with Gasteiger partial charge in [-0.1, -0.05) is 18.2 Å². The van der Waals surface area contributed by atoms with Crippen molar-refractivity contribution in [2.75, 3.05) is 11.9 Å². The lowest BCUT2D eigenvalue weighted by Gasteiger charge is -2.13. The molecule has 0 spiro atoms. The number of pyridine rings is 1. The number of amides is 1. The molecule has 4 nitrogen and oxygen atoms in total. The van der Waals surface area contributed by atoms with Crippen LogP contribution >= 0.6 is 0 Å². The van der Waals surface area contributed by atoms with Crippen molar-refractivity contribution < 1.29 is 9.53 Å². The summed E-state index contributed by atoms with van der Waals surface area (Å²) in [6, 6.07) is 9.34. The minimum Gasteiger partial charge on any atom is -0.477 e. The van der Waals surface area contributed by atoms with Crippen LogP contribution < -0.4 is 10.1 Å². The maximum absolute atomic E-state index is 12.4. The molecule has 0 fully saturated rings. The van der Waals surface area contributed by atoms with Crippen LogP contribution in [0.2, 0.25) is 0 Å². The number of nitrogens with zero attached hydrogens (tertiary/aromatic N) is 1. The fraction of sp³-hybridized carbons (Fsp3) is 0.250. The molecule has 2 aromatic rings. The van der Waals surface area contributed by atoms with Crippen molar-refractivity contribution in [3.8, 4) is 5.88 Å². The minimum atomic E-state index is -0.209. The van der Waals surface area contributed by atoms with Gasteiger partial charge in [0.15, 0.2) is 0 Å². The summed E-state index contributed by atoms with van der Waals surface area (Å²) in [5.74, 6) is 0.151. The van der Waals surface area contributed by atoms with Crippen molar-refractivity contribution in [3.63, 3.8) is 0 Å². The summed E-state index contributed by atoms with van der Waals surface area (Å²) >= 11 is 0. The van der Waals surface area contributed by atoms with Crippen LogP contribution in [0, 0.1) is 13.8 Å². The van der Waals surface area contributed by atoms with Crippen LogP contribution in [0.3, 0.4) is 0 Å². The first kappa shape index (κ1) is 14.1. The van der Waals surface area contributed by atoms with Crippen LogP contribution in [-0.4, -0.2) is 17.5 Å². The van der Waals surface area contributed by atoms with Gasteiger partial charge in [0, 0.05) is 11.9 Å². The summed E-state index contributed by atoms with van der Waals surface area (Å²) in [6.07, 6.45) is 1.61. The number of anilines is 1. The molecule has 1 aromatic carbocycles. The number of benzene rings is 1. The van der Waals surface area contributed by atoms with Gasteiger partial charge in [0.05, 0.1) is 6.61 Å². The molecule has 0 aliphatic heterocycles. The molecule has 0 saturated carbocycles. The van der Waals surface area contributed by atoms with E-state index in [9.17, 15) is 4.79 Å². The molecule has 0 saturated heterocycles. The predicted molar refractivity (Wildman–Crippen MR) is 79.3 cm³/mol. The second kappa shape index (κ2) is 6.19. The van der Waals surface area contributed by atoms with Gasteiger partial charge < -0.3 is 10.1 Å². The molecular weight excluding hydrogens is 252 g/mol. The molecule has 104 valence electrons. The van der Waals surface area contributed by atoms with E-state index >= 15 is 0 Å². The van der Waals surface area contributed by atoms with Crippen molar-refractivity contribution in [1.29, 1.82) is 0 Å². The summed E-state index contributed by atoms with van der Waals surface area (Å²) in [5, 5.41) is 2.93. The minimum absolute atomic E-state index is 0.209. The summed E-state index contributed by atoms with van der Waals surface area (Å²) < 4.78 is 5.38. The average molecular weight is 270 g/mol. The topological polar surface area (TPSA) is 51.2 Å². The molecular formula is C16H18N2O2. The van der Waals surface area contributed by atoms with E-state index in [2.05, 4.69) is 10.3 Å². The van der Waals surface area contributed by atoms with Crippen molar-refractivity contribution in [2.24, 2.45) is 0 Å². The Morgan fingerprint density at radius 1 is 1.20 bits per heavy atom. The zero-order chi connectivity index (χ0) is 14.5. The second-order valence-corrected chi connectivity index (χ2v) is 4.51. The molecule has 0 aliphatic carbocycles. The first-order chi connectivity index (χ1) is 9.63. The summed E-state index contributed by atoms with van der Waals surface area (Å²) in [4.78, 5) is 16.5. The number of carbonyl (C=O) groups excluding carboxylic acids is 1. The number of hydrogen-bond donors (Lipinski definition) is 1. The monoisotopic (exact) mass is 270 g/mol. The van der Waals surface area contributed by atoms with Gasteiger partial charge in [-0.15, -0.1) is 0 Å². The number of hydrogen-bond acceptors (Lipinski definition) is 3. The van der Waals surface area contributed by atoms with E-state index in [4.69, 9.17) is 4.74 Å². The highest BCUT2D eigenvalue weighted by atomic mass is 16.5. The number of aryl methyl sites for hydroxylation is 2. The molecule has 1 N–H and O–H groups in total. The van der Waals surface area contributed by atoms with E-state index in [-0.39, 0.29) is 5.91 Å². The standard InChI is InChI=1S/C16H18N2O2/c1-4-20-16-13(9-6-10-17-16)15(19)18-14-11(2)7-5-8-12(14)3/h5-10H,4H2,1-3H3,(H,18,19). The lowest BCUT2D eigenvalue weighted by molar-refractivity contribution is 0.102. The highest BCUT2D eigenvalue weighted by molar-refractivity contribution is 6.06. The van der Waals surface area contributed by atoms with Crippen molar-refractivity contribution >= 4 is 11.6 Å². The van der Waals surface area contributed by atoms with Crippen LogP contribution in [0.1, 0.15) is 28.4 Å². The molecule has 0 aliphatic rings. The van der Waals surface area contributed by atoms with E-state index in [0.29, 0.717) is 18.1 Å². The van der Waals surface area contributed by atoms with Crippen LogP contribution in [0.5, 0.6) is 5.88 Å². The molecule has 20 heavy (non-hydrogen) atoms. The fourth-order valence-corrected chi connectivity index (χ4v) is 2.01. The third kappa shape index (κ3) is 2.96. The molecule has 4 heteroatoms. The molecule has 1 amide bonds. The third-order valence-electron chi connectivity index (χ3n) is 3.02. The lowest BCUT2D eigenvalue weighted by Crippen LogP contribution is -2.15. The number of nitrogens with one attached hydrogen (secondary N) is 1. The molecule has 2 rings (SSSR count). The average Bonchev–Trinajstić information content (AvgIpc) is 2.44. The Kier molecular flexibility index (Phi) is 4.35. The number of carbonyl (C=O) groups is 1. The highest BCUT2D eigenvalue weighted by Crippen LogP contribution is 2.22. The fourth-order valence-electron chi connectivity index (χ4n) is 2.01. The van der Waals surface area contributed by atoms with Gasteiger partial charge >= 0.3 is 0 Å². The third-order valence-corrected chi connectivity index (χ3v) is 3.02. The van der Waals surface area contributed by atoms with Gasteiger partial charge in [0.25, 0.3) is 5.91 Å². The zero-order valence-corrected chi connectivity index (χ0v) is 11.9. The summed E-state index contributed by atoms with van der Waals surface area (Å²) in [5.41, 5.74) is 3.33. The Hall–Kier alpha value is -2.36. The quantitative estimate of drug-likeness (QED) is 0.927. The number of ether oxygens (including phenoxy) is 1. The van der Waals surface area contributed by atoms with Crippen molar-refractivity contribution in [1.82, 2.24) is 4.98 Å². The number of para-hydroxylation sites is 1. The van der Waals surface area contributed by atoms with Crippen LogP contribution in [-0.2, 0) is 0 Å². The molecule has 1 heterocycles. The first-order valence-electron chi connectivity index (χ1n) is 6.59. The summed E-state index contributed by atoms with van der Waals surface area (Å²) in [6.45, 7) is 6.27. The van der Waals surface area contributed by atoms with E-state index < -0.39 is 0 Å². The smallest absolute Gasteiger partial charge is 0.261 e.